The molecular weight excluding hydrogens is 210 g/mol. The van der Waals surface area contributed by atoms with Crippen LogP contribution < -0.4 is 10.5 Å². The quantitative estimate of drug-likeness (QED) is 0.868. The molecule has 0 bridgehead atoms. The smallest absolute Gasteiger partial charge is 0.122 e. The summed E-state index contributed by atoms with van der Waals surface area (Å²) in [6.45, 7) is 6.62. The van der Waals surface area contributed by atoms with E-state index >= 15 is 0 Å². The van der Waals surface area contributed by atoms with Crippen LogP contribution in [0.15, 0.2) is 18.2 Å². The Morgan fingerprint density at radius 2 is 1.94 bits per heavy atom. The minimum atomic E-state index is 0.0879. The van der Waals surface area contributed by atoms with Crippen LogP contribution in [0.4, 0.5) is 0 Å². The van der Waals surface area contributed by atoms with Gasteiger partial charge in [-0.15, -0.1) is 0 Å². The highest BCUT2D eigenvalue weighted by Gasteiger charge is 2.30. The van der Waals surface area contributed by atoms with Crippen molar-refractivity contribution in [3.8, 4) is 5.75 Å². The summed E-state index contributed by atoms with van der Waals surface area (Å²) >= 11 is 0. The lowest BCUT2D eigenvalue weighted by atomic mass is 9.84. The average molecular weight is 233 g/mol. The van der Waals surface area contributed by atoms with Crippen LogP contribution in [0.5, 0.6) is 5.75 Å². The molecule has 1 aromatic carbocycles. The summed E-state index contributed by atoms with van der Waals surface area (Å²) in [5, 5.41) is 0. The number of rotatable bonds is 3. The predicted octanol–water partition coefficient (Wildman–Crippen LogP) is 3.40. The third kappa shape index (κ3) is 2.63. The van der Waals surface area contributed by atoms with Gasteiger partial charge in [0.1, 0.15) is 5.75 Å². The van der Waals surface area contributed by atoms with Gasteiger partial charge in [0.25, 0.3) is 0 Å². The van der Waals surface area contributed by atoms with Crippen molar-refractivity contribution in [3.63, 3.8) is 0 Å². The first-order chi connectivity index (χ1) is 7.93. The molecule has 0 aromatic heterocycles. The van der Waals surface area contributed by atoms with E-state index in [1.54, 1.807) is 7.11 Å². The summed E-state index contributed by atoms with van der Waals surface area (Å²) in [4.78, 5) is 0. The summed E-state index contributed by atoms with van der Waals surface area (Å²) in [7, 11) is 1.73. The second kappa shape index (κ2) is 4.34. The molecule has 0 amide bonds. The fourth-order valence-electron chi connectivity index (χ4n) is 2.25. The first-order valence-electron chi connectivity index (χ1n) is 6.37. The number of methoxy groups -OCH3 is 1. The normalized spacial score (nSPS) is 17.9. The monoisotopic (exact) mass is 233 g/mol. The first kappa shape index (κ1) is 12.4. The molecule has 1 unspecified atom stereocenters. The maximum absolute atomic E-state index is 6.26. The summed E-state index contributed by atoms with van der Waals surface area (Å²) < 4.78 is 5.44. The Hall–Kier alpha value is -1.02. The van der Waals surface area contributed by atoms with Crippen LogP contribution in [0.2, 0.25) is 0 Å². The lowest BCUT2D eigenvalue weighted by Crippen LogP contribution is -2.17. The third-order valence-corrected chi connectivity index (χ3v) is 3.55. The molecule has 0 radical (unpaired) electrons. The molecule has 2 heteroatoms. The SMILES string of the molecule is COc1ccc(C(N)C2CC2)cc1C(C)(C)C. The molecule has 1 atom stereocenters. The van der Waals surface area contributed by atoms with Gasteiger partial charge >= 0.3 is 0 Å². The zero-order valence-corrected chi connectivity index (χ0v) is 11.3. The molecule has 0 aliphatic heterocycles. The molecule has 0 heterocycles. The molecule has 17 heavy (non-hydrogen) atoms. The Morgan fingerprint density at radius 1 is 1.29 bits per heavy atom. The van der Waals surface area contributed by atoms with Crippen LogP contribution in [0.25, 0.3) is 0 Å². The van der Waals surface area contributed by atoms with Gasteiger partial charge in [0.05, 0.1) is 7.11 Å². The molecule has 2 rings (SSSR count). The zero-order valence-electron chi connectivity index (χ0n) is 11.3. The molecular formula is C15H23NO. The van der Waals surface area contributed by atoms with Gasteiger partial charge in [-0.3, -0.25) is 0 Å². The van der Waals surface area contributed by atoms with E-state index in [9.17, 15) is 0 Å². The van der Waals surface area contributed by atoms with Gasteiger partial charge in [0.15, 0.2) is 0 Å². The van der Waals surface area contributed by atoms with Crippen molar-refractivity contribution in [1.29, 1.82) is 0 Å². The largest absolute Gasteiger partial charge is 0.496 e. The van der Waals surface area contributed by atoms with Gasteiger partial charge in [0, 0.05) is 6.04 Å². The molecule has 2 nitrogen and oxygen atoms in total. The average Bonchev–Trinajstić information content (AvgIpc) is 3.10. The van der Waals surface area contributed by atoms with E-state index in [4.69, 9.17) is 10.5 Å². The van der Waals surface area contributed by atoms with Crippen molar-refractivity contribution in [1.82, 2.24) is 0 Å². The van der Waals surface area contributed by atoms with E-state index in [0.717, 1.165) is 5.75 Å². The fraction of sp³-hybridized carbons (Fsp3) is 0.600. The minimum Gasteiger partial charge on any atom is -0.496 e. The summed E-state index contributed by atoms with van der Waals surface area (Å²) in [5.74, 6) is 1.65. The lowest BCUT2D eigenvalue weighted by Gasteiger charge is -2.24. The highest BCUT2D eigenvalue weighted by molar-refractivity contribution is 5.42. The van der Waals surface area contributed by atoms with Crippen molar-refractivity contribution in [2.75, 3.05) is 7.11 Å². The molecule has 1 aromatic rings. The second-order valence-corrected chi connectivity index (χ2v) is 6.07. The molecule has 94 valence electrons. The number of nitrogens with two attached hydrogens (primary N) is 1. The van der Waals surface area contributed by atoms with Crippen molar-refractivity contribution in [2.24, 2.45) is 11.7 Å². The van der Waals surface area contributed by atoms with Crippen LogP contribution in [0.1, 0.15) is 50.8 Å². The van der Waals surface area contributed by atoms with Crippen molar-refractivity contribution in [3.05, 3.63) is 29.3 Å². The van der Waals surface area contributed by atoms with Gasteiger partial charge in [-0.2, -0.15) is 0 Å². The van der Waals surface area contributed by atoms with Crippen LogP contribution in [-0.4, -0.2) is 7.11 Å². The second-order valence-electron chi connectivity index (χ2n) is 6.07. The van der Waals surface area contributed by atoms with Gasteiger partial charge in [-0.05, 0) is 41.4 Å². The molecule has 1 saturated carbocycles. The predicted molar refractivity (Wildman–Crippen MR) is 71.3 cm³/mol. The Kier molecular flexibility index (Phi) is 3.17. The lowest BCUT2D eigenvalue weighted by molar-refractivity contribution is 0.397. The summed E-state index contributed by atoms with van der Waals surface area (Å²) in [6, 6.07) is 6.58. The van der Waals surface area contributed by atoms with Crippen LogP contribution >= 0.6 is 0 Å². The van der Waals surface area contributed by atoms with Crippen LogP contribution in [-0.2, 0) is 5.41 Å². The number of hydrogen-bond donors (Lipinski definition) is 1. The van der Waals surface area contributed by atoms with Gasteiger partial charge in [-0.1, -0.05) is 32.9 Å². The molecule has 1 aliphatic rings. The number of benzene rings is 1. The van der Waals surface area contributed by atoms with E-state index in [-0.39, 0.29) is 11.5 Å². The Bertz CT molecular complexity index is 402. The Balaban J connectivity index is 2.37. The van der Waals surface area contributed by atoms with E-state index in [1.807, 2.05) is 0 Å². The maximum atomic E-state index is 6.26. The zero-order chi connectivity index (χ0) is 12.6. The molecule has 2 N–H and O–H groups in total. The molecule has 1 aliphatic carbocycles. The van der Waals surface area contributed by atoms with Crippen molar-refractivity contribution in [2.45, 2.75) is 45.1 Å². The van der Waals surface area contributed by atoms with Crippen molar-refractivity contribution < 1.29 is 4.74 Å². The van der Waals surface area contributed by atoms with Gasteiger partial charge in [-0.25, -0.2) is 0 Å². The highest BCUT2D eigenvalue weighted by Crippen LogP contribution is 2.41. The first-order valence-corrected chi connectivity index (χ1v) is 6.37. The summed E-state index contributed by atoms with van der Waals surface area (Å²) in [6.07, 6.45) is 2.55. The standard InChI is InChI=1S/C15H23NO/c1-15(2,3)12-9-11(7-8-13(12)17-4)14(16)10-5-6-10/h7-10,14H,5-6,16H2,1-4H3. The molecule has 1 fully saturated rings. The third-order valence-electron chi connectivity index (χ3n) is 3.55. The van der Waals surface area contributed by atoms with E-state index in [1.165, 1.54) is 24.0 Å². The molecule has 0 saturated heterocycles. The van der Waals surface area contributed by atoms with Crippen LogP contribution in [0, 0.1) is 5.92 Å². The van der Waals surface area contributed by atoms with E-state index < -0.39 is 0 Å². The Labute approximate surface area is 104 Å². The van der Waals surface area contributed by atoms with Gasteiger partial charge < -0.3 is 10.5 Å². The van der Waals surface area contributed by atoms with E-state index in [0.29, 0.717) is 5.92 Å². The fourth-order valence-corrected chi connectivity index (χ4v) is 2.25. The summed E-state index contributed by atoms with van der Waals surface area (Å²) in [5.41, 5.74) is 8.84. The van der Waals surface area contributed by atoms with Crippen LogP contribution in [0.3, 0.4) is 0 Å². The number of hydrogen-bond acceptors (Lipinski definition) is 2. The van der Waals surface area contributed by atoms with Crippen molar-refractivity contribution >= 4 is 0 Å². The topological polar surface area (TPSA) is 35.2 Å². The highest BCUT2D eigenvalue weighted by atomic mass is 16.5. The number of ether oxygens (including phenoxy) is 1. The maximum Gasteiger partial charge on any atom is 0.122 e. The van der Waals surface area contributed by atoms with E-state index in [2.05, 4.69) is 39.0 Å². The minimum absolute atomic E-state index is 0.0879. The Morgan fingerprint density at radius 3 is 2.41 bits per heavy atom. The molecule has 0 spiro atoms. The van der Waals surface area contributed by atoms with Gasteiger partial charge in [0.2, 0.25) is 0 Å².